The van der Waals surface area contributed by atoms with Crippen molar-refractivity contribution in [2.24, 2.45) is 5.92 Å². The second-order valence-electron chi connectivity index (χ2n) is 6.03. The van der Waals surface area contributed by atoms with Crippen molar-refractivity contribution in [3.05, 3.63) is 22.6 Å². The minimum atomic E-state index is -0.0932. The maximum absolute atomic E-state index is 6.32. The van der Waals surface area contributed by atoms with E-state index in [1.165, 1.54) is 38.5 Å². The van der Waals surface area contributed by atoms with Crippen LogP contribution in [0.2, 0.25) is 0 Å². The molecule has 0 spiro atoms. The first-order valence-corrected chi connectivity index (χ1v) is 9.04. The number of alkyl halides is 1. The maximum atomic E-state index is 6.32. The van der Waals surface area contributed by atoms with Crippen molar-refractivity contribution in [2.75, 3.05) is 0 Å². The van der Waals surface area contributed by atoms with Gasteiger partial charge in [-0.1, -0.05) is 32.1 Å². The largest absolute Gasteiger partial charge is 0.311 e. The van der Waals surface area contributed by atoms with Crippen LogP contribution in [0.5, 0.6) is 0 Å². The van der Waals surface area contributed by atoms with Crippen molar-refractivity contribution in [3.63, 3.8) is 0 Å². The monoisotopic (exact) mass is 369 g/mol. The van der Waals surface area contributed by atoms with E-state index in [1.807, 2.05) is 19.2 Å². The van der Waals surface area contributed by atoms with Gasteiger partial charge < -0.3 is 4.57 Å². The number of aryl methyl sites for hydroxylation is 1. The molecular formula is C16H21BrClN3. The number of rotatable bonds is 4. The summed E-state index contributed by atoms with van der Waals surface area (Å²) < 4.78 is 3.18. The first-order chi connectivity index (χ1) is 10.1. The predicted molar refractivity (Wildman–Crippen MR) is 90.7 cm³/mol. The highest BCUT2D eigenvalue weighted by atomic mass is 79.9. The minimum Gasteiger partial charge on any atom is -0.311 e. The van der Waals surface area contributed by atoms with Crippen molar-refractivity contribution in [3.8, 4) is 0 Å². The van der Waals surface area contributed by atoms with Crippen LogP contribution < -0.4 is 0 Å². The summed E-state index contributed by atoms with van der Waals surface area (Å²) in [5.74, 6) is 1.79. The Morgan fingerprint density at radius 2 is 2.14 bits per heavy atom. The molecule has 5 heteroatoms. The van der Waals surface area contributed by atoms with Gasteiger partial charge in [-0.3, -0.25) is 0 Å². The molecule has 3 nitrogen and oxygen atoms in total. The van der Waals surface area contributed by atoms with Gasteiger partial charge in [-0.05, 0) is 41.3 Å². The quantitative estimate of drug-likeness (QED) is 0.669. The zero-order chi connectivity index (χ0) is 14.8. The topological polar surface area (TPSA) is 30.7 Å². The fraction of sp³-hybridized carbons (Fsp3) is 0.625. The van der Waals surface area contributed by atoms with Gasteiger partial charge in [0.1, 0.15) is 11.3 Å². The number of imidazole rings is 1. The van der Waals surface area contributed by atoms with Crippen LogP contribution in [0.4, 0.5) is 0 Å². The van der Waals surface area contributed by atoms with E-state index in [2.05, 4.69) is 30.5 Å². The number of nitrogens with zero attached hydrogens (tertiary/aromatic N) is 3. The van der Waals surface area contributed by atoms with E-state index >= 15 is 0 Å². The van der Waals surface area contributed by atoms with Crippen LogP contribution in [-0.2, 0) is 6.54 Å². The summed E-state index contributed by atoms with van der Waals surface area (Å²) in [5.41, 5.74) is 1.88. The van der Waals surface area contributed by atoms with Crippen molar-refractivity contribution in [1.82, 2.24) is 14.5 Å². The predicted octanol–water partition coefficient (Wildman–Crippen LogP) is 5.46. The molecule has 2 heterocycles. The first-order valence-electron chi connectivity index (χ1n) is 7.81. The second-order valence-corrected chi connectivity index (χ2v) is 7.60. The summed E-state index contributed by atoms with van der Waals surface area (Å²) in [7, 11) is 0. The molecule has 2 aromatic heterocycles. The fourth-order valence-electron chi connectivity index (χ4n) is 3.32. The van der Waals surface area contributed by atoms with Crippen LogP contribution >= 0.6 is 27.5 Å². The number of hydrogen-bond donors (Lipinski definition) is 0. The fourth-order valence-corrected chi connectivity index (χ4v) is 3.80. The highest BCUT2D eigenvalue weighted by molar-refractivity contribution is 9.10. The van der Waals surface area contributed by atoms with Gasteiger partial charge in [0.15, 0.2) is 5.65 Å². The molecular weight excluding hydrogens is 350 g/mol. The van der Waals surface area contributed by atoms with Gasteiger partial charge in [-0.15, -0.1) is 11.6 Å². The van der Waals surface area contributed by atoms with Crippen LogP contribution in [-0.4, -0.2) is 14.5 Å². The smallest absolute Gasteiger partial charge is 0.160 e. The number of aromatic nitrogens is 3. The molecule has 0 aliphatic heterocycles. The highest BCUT2D eigenvalue weighted by Crippen LogP contribution is 2.29. The average Bonchev–Trinajstić information content (AvgIpc) is 2.84. The van der Waals surface area contributed by atoms with Crippen molar-refractivity contribution in [2.45, 2.75) is 57.4 Å². The normalized spacial score (nSPS) is 18.2. The zero-order valence-electron chi connectivity index (χ0n) is 12.4. The molecule has 1 atom stereocenters. The van der Waals surface area contributed by atoms with Crippen LogP contribution in [0.1, 0.15) is 56.7 Å². The molecule has 1 aliphatic rings. The first kappa shape index (κ1) is 15.3. The molecule has 2 aromatic rings. The van der Waals surface area contributed by atoms with Crippen molar-refractivity contribution >= 4 is 38.7 Å². The lowest BCUT2D eigenvalue weighted by Gasteiger charge is -2.22. The Morgan fingerprint density at radius 1 is 1.38 bits per heavy atom. The Kier molecular flexibility index (Phi) is 4.85. The highest BCUT2D eigenvalue weighted by Gasteiger charge is 2.18. The molecule has 1 unspecified atom stereocenters. The third kappa shape index (κ3) is 3.42. The van der Waals surface area contributed by atoms with E-state index in [-0.39, 0.29) is 5.38 Å². The molecule has 0 saturated heterocycles. The van der Waals surface area contributed by atoms with Crippen LogP contribution in [0.15, 0.2) is 16.7 Å². The molecule has 0 bridgehead atoms. The third-order valence-corrected chi connectivity index (χ3v) is 5.05. The Bertz CT molecular complexity index is 617. The molecule has 0 aromatic carbocycles. The molecule has 21 heavy (non-hydrogen) atoms. The van der Waals surface area contributed by atoms with E-state index < -0.39 is 0 Å². The van der Waals surface area contributed by atoms with Crippen LogP contribution in [0, 0.1) is 5.92 Å². The van der Waals surface area contributed by atoms with Crippen LogP contribution in [0.3, 0.4) is 0 Å². The lowest BCUT2D eigenvalue weighted by atomic mass is 9.87. The minimum absolute atomic E-state index is 0.0932. The Morgan fingerprint density at radius 3 is 2.86 bits per heavy atom. The Balaban J connectivity index is 1.86. The molecule has 0 radical (unpaired) electrons. The van der Waals surface area contributed by atoms with Crippen LogP contribution in [0.25, 0.3) is 11.2 Å². The number of hydrogen-bond acceptors (Lipinski definition) is 2. The zero-order valence-corrected chi connectivity index (χ0v) is 14.7. The molecule has 0 N–H and O–H groups in total. The third-order valence-electron chi connectivity index (χ3n) is 4.42. The van der Waals surface area contributed by atoms with E-state index in [0.717, 1.165) is 33.9 Å². The Labute approximate surface area is 139 Å². The lowest BCUT2D eigenvalue weighted by molar-refractivity contribution is 0.323. The van der Waals surface area contributed by atoms with Gasteiger partial charge in [-0.2, -0.15) is 0 Å². The van der Waals surface area contributed by atoms with Gasteiger partial charge in [0.05, 0.1) is 5.38 Å². The van der Waals surface area contributed by atoms with Gasteiger partial charge in [0, 0.05) is 17.2 Å². The lowest BCUT2D eigenvalue weighted by Crippen LogP contribution is -2.12. The summed E-state index contributed by atoms with van der Waals surface area (Å²) >= 11 is 9.78. The Hall–Kier alpha value is -0.610. The van der Waals surface area contributed by atoms with Crippen molar-refractivity contribution < 1.29 is 0 Å². The summed E-state index contributed by atoms with van der Waals surface area (Å²) in [6.07, 6.45) is 9.97. The maximum Gasteiger partial charge on any atom is 0.160 e. The molecule has 0 amide bonds. The molecule has 114 valence electrons. The average molecular weight is 371 g/mol. The van der Waals surface area contributed by atoms with E-state index in [9.17, 15) is 0 Å². The number of pyridine rings is 1. The summed E-state index contributed by atoms with van der Waals surface area (Å²) in [5, 5.41) is -0.0932. The molecule has 1 aliphatic carbocycles. The van der Waals surface area contributed by atoms with E-state index in [1.54, 1.807) is 0 Å². The molecule has 1 saturated carbocycles. The molecule has 1 fully saturated rings. The van der Waals surface area contributed by atoms with Crippen molar-refractivity contribution in [1.29, 1.82) is 0 Å². The van der Waals surface area contributed by atoms with Gasteiger partial charge in [0.25, 0.3) is 0 Å². The number of fused-ring (bicyclic) bond motifs is 1. The van der Waals surface area contributed by atoms with Gasteiger partial charge in [-0.25, -0.2) is 9.97 Å². The number of halogens is 2. The second kappa shape index (κ2) is 6.66. The molecule has 3 rings (SSSR count). The standard InChI is InChI=1S/C16H21BrClN3/c1-11(18)15-20-14-9-13(17)10-19-16(14)21(15)8-7-12-5-3-2-4-6-12/h9-12H,2-8H2,1H3. The van der Waals surface area contributed by atoms with E-state index in [0.29, 0.717) is 0 Å². The van der Waals surface area contributed by atoms with Gasteiger partial charge >= 0.3 is 0 Å². The summed E-state index contributed by atoms with van der Waals surface area (Å²) in [6, 6.07) is 2.02. The summed E-state index contributed by atoms with van der Waals surface area (Å²) in [4.78, 5) is 9.22. The van der Waals surface area contributed by atoms with Gasteiger partial charge in [0.2, 0.25) is 0 Å². The van der Waals surface area contributed by atoms with E-state index in [4.69, 9.17) is 11.6 Å². The SMILES string of the molecule is CC(Cl)c1nc2cc(Br)cnc2n1CCC1CCCCC1. The summed E-state index contributed by atoms with van der Waals surface area (Å²) in [6.45, 7) is 2.96.